The number of fused-ring (bicyclic) bond motifs is 1. The third-order valence-electron chi connectivity index (χ3n) is 7.71. The molecule has 1 aliphatic rings. The van der Waals surface area contributed by atoms with Gasteiger partial charge in [-0.1, -0.05) is 68.9 Å². The van der Waals surface area contributed by atoms with Crippen molar-refractivity contribution in [1.29, 1.82) is 0 Å². The molecule has 1 atom stereocenters. The van der Waals surface area contributed by atoms with Crippen molar-refractivity contribution in [1.82, 2.24) is 19.4 Å². The summed E-state index contributed by atoms with van der Waals surface area (Å²) in [5.41, 5.74) is 4.24. The van der Waals surface area contributed by atoms with Crippen molar-refractivity contribution in [3.05, 3.63) is 99.9 Å². The molecule has 1 amide bonds. The molecule has 3 heterocycles. The van der Waals surface area contributed by atoms with E-state index in [0.717, 1.165) is 11.3 Å². The van der Waals surface area contributed by atoms with Gasteiger partial charge in [-0.05, 0) is 54.7 Å². The maximum absolute atomic E-state index is 14.1. The SMILES string of the molecule is [2H]C([2H])=Cc1ccccc1-c1cc2c(cc1Cl)c(N1CCN(C(=O)C(=C)F)C[C@@H]1C)nc(=O)n2-c1c(C)ccnc1C(C)C. The molecular formula is C33H33ClFN5O2. The van der Waals surface area contributed by atoms with Crippen molar-refractivity contribution in [3.8, 4) is 16.8 Å². The molecule has 1 fully saturated rings. The van der Waals surface area contributed by atoms with Crippen molar-refractivity contribution in [2.24, 2.45) is 0 Å². The summed E-state index contributed by atoms with van der Waals surface area (Å²) in [5.74, 6) is -1.34. The molecule has 0 unspecified atom stereocenters. The van der Waals surface area contributed by atoms with Crippen molar-refractivity contribution in [2.75, 3.05) is 24.5 Å². The van der Waals surface area contributed by atoms with E-state index in [-0.39, 0.29) is 31.6 Å². The van der Waals surface area contributed by atoms with Crippen molar-refractivity contribution in [2.45, 2.75) is 39.7 Å². The Morgan fingerprint density at radius 1 is 1.21 bits per heavy atom. The highest BCUT2D eigenvalue weighted by Crippen LogP contribution is 2.38. The van der Waals surface area contributed by atoms with Gasteiger partial charge in [0.1, 0.15) is 5.82 Å². The summed E-state index contributed by atoms with van der Waals surface area (Å²) in [5, 5.41) is 1.01. The first-order chi connectivity index (χ1) is 20.9. The molecule has 42 heavy (non-hydrogen) atoms. The largest absolute Gasteiger partial charge is 0.354 e. The Kier molecular flexibility index (Phi) is 7.30. The zero-order valence-electron chi connectivity index (χ0n) is 26.0. The van der Waals surface area contributed by atoms with Crippen LogP contribution in [-0.4, -0.2) is 51.0 Å². The predicted molar refractivity (Wildman–Crippen MR) is 168 cm³/mol. The maximum atomic E-state index is 14.1. The lowest BCUT2D eigenvalue weighted by molar-refractivity contribution is -0.129. The fraction of sp³-hybridized carbons (Fsp3) is 0.273. The Balaban J connectivity index is 1.81. The molecule has 5 rings (SSSR count). The van der Waals surface area contributed by atoms with Gasteiger partial charge >= 0.3 is 5.69 Å². The van der Waals surface area contributed by atoms with Crippen LogP contribution in [0.25, 0.3) is 33.8 Å². The van der Waals surface area contributed by atoms with E-state index >= 15 is 0 Å². The molecule has 1 aliphatic heterocycles. The van der Waals surface area contributed by atoms with E-state index < -0.39 is 17.4 Å². The average Bonchev–Trinajstić information content (AvgIpc) is 2.96. The summed E-state index contributed by atoms with van der Waals surface area (Å²) in [6.07, 6.45) is 3.17. The number of pyridine rings is 1. The van der Waals surface area contributed by atoms with Gasteiger partial charge in [0.25, 0.3) is 5.91 Å². The van der Waals surface area contributed by atoms with Crippen molar-refractivity contribution < 1.29 is 11.9 Å². The molecule has 216 valence electrons. The number of rotatable bonds is 6. The van der Waals surface area contributed by atoms with Gasteiger partial charge in [0.2, 0.25) is 0 Å². The van der Waals surface area contributed by atoms with Gasteiger partial charge in [-0.25, -0.2) is 9.18 Å². The summed E-state index contributed by atoms with van der Waals surface area (Å²) in [4.78, 5) is 39.0. The molecule has 4 aromatic rings. The van der Waals surface area contributed by atoms with Crippen LogP contribution in [0.4, 0.5) is 10.2 Å². The second kappa shape index (κ2) is 11.5. The lowest BCUT2D eigenvalue weighted by Gasteiger charge is -2.40. The summed E-state index contributed by atoms with van der Waals surface area (Å²) in [6.45, 7) is 11.4. The molecule has 0 spiro atoms. The highest BCUT2D eigenvalue weighted by atomic mass is 35.5. The molecule has 7 nitrogen and oxygen atoms in total. The van der Waals surface area contributed by atoms with E-state index in [0.29, 0.717) is 50.7 Å². The number of halogens is 2. The average molecular weight is 588 g/mol. The second-order valence-electron chi connectivity index (χ2n) is 10.8. The van der Waals surface area contributed by atoms with Crippen LogP contribution < -0.4 is 10.6 Å². The number of hydrogen-bond acceptors (Lipinski definition) is 5. The van der Waals surface area contributed by atoms with Gasteiger partial charge in [0, 0.05) is 47.8 Å². The Morgan fingerprint density at radius 2 is 1.98 bits per heavy atom. The fourth-order valence-corrected chi connectivity index (χ4v) is 5.92. The van der Waals surface area contributed by atoms with Crippen molar-refractivity contribution >= 4 is 40.3 Å². The lowest BCUT2D eigenvalue weighted by atomic mass is 9.97. The Bertz CT molecular complexity index is 1890. The van der Waals surface area contributed by atoms with Gasteiger partial charge in [-0.3, -0.25) is 14.3 Å². The molecule has 0 saturated carbocycles. The zero-order valence-corrected chi connectivity index (χ0v) is 24.7. The zero-order chi connectivity index (χ0) is 31.9. The van der Waals surface area contributed by atoms with E-state index in [4.69, 9.17) is 14.3 Å². The minimum Gasteiger partial charge on any atom is -0.350 e. The van der Waals surface area contributed by atoms with Crippen LogP contribution in [-0.2, 0) is 4.79 Å². The third-order valence-corrected chi connectivity index (χ3v) is 8.02. The minimum absolute atomic E-state index is 0.00702. The number of piperazine rings is 1. The number of amides is 1. The maximum Gasteiger partial charge on any atom is 0.354 e. The number of hydrogen-bond donors (Lipinski definition) is 0. The van der Waals surface area contributed by atoms with Crippen LogP contribution in [0.15, 0.2) is 72.4 Å². The van der Waals surface area contributed by atoms with Gasteiger partial charge in [-0.15, -0.1) is 0 Å². The van der Waals surface area contributed by atoms with E-state index in [2.05, 4.69) is 16.5 Å². The first-order valence-electron chi connectivity index (χ1n) is 14.8. The predicted octanol–water partition coefficient (Wildman–Crippen LogP) is 6.70. The third kappa shape index (κ3) is 5.11. The smallest absolute Gasteiger partial charge is 0.350 e. The normalized spacial score (nSPS) is 15.9. The fourth-order valence-electron chi connectivity index (χ4n) is 5.65. The number of aromatic nitrogens is 3. The van der Waals surface area contributed by atoms with E-state index in [1.54, 1.807) is 22.9 Å². The van der Waals surface area contributed by atoms with Crippen LogP contribution in [0, 0.1) is 6.92 Å². The van der Waals surface area contributed by atoms with E-state index in [1.165, 1.54) is 11.0 Å². The molecule has 0 aliphatic carbocycles. The summed E-state index contributed by atoms with van der Waals surface area (Å²) < 4.78 is 30.7. The monoisotopic (exact) mass is 587 g/mol. The van der Waals surface area contributed by atoms with Crippen molar-refractivity contribution in [3.63, 3.8) is 0 Å². The Morgan fingerprint density at radius 3 is 2.67 bits per heavy atom. The molecule has 2 aromatic carbocycles. The van der Waals surface area contributed by atoms with Crippen LogP contribution in [0.5, 0.6) is 0 Å². The number of benzene rings is 2. The Hall–Kier alpha value is -4.30. The van der Waals surface area contributed by atoms with Crippen LogP contribution >= 0.6 is 11.6 Å². The number of aryl methyl sites for hydroxylation is 1. The second-order valence-corrected chi connectivity index (χ2v) is 11.3. The topological polar surface area (TPSA) is 71.3 Å². The Labute approximate surface area is 252 Å². The summed E-state index contributed by atoms with van der Waals surface area (Å²) >= 11 is 6.98. The van der Waals surface area contributed by atoms with Crippen LogP contribution in [0.3, 0.4) is 0 Å². The molecule has 0 N–H and O–H groups in total. The van der Waals surface area contributed by atoms with Crippen LogP contribution in [0.2, 0.25) is 5.02 Å². The van der Waals surface area contributed by atoms with E-state index in [9.17, 15) is 14.0 Å². The van der Waals surface area contributed by atoms with Gasteiger partial charge in [0.15, 0.2) is 5.83 Å². The first-order valence-corrected chi connectivity index (χ1v) is 14.1. The minimum atomic E-state index is -1.01. The first kappa shape index (κ1) is 26.6. The molecule has 2 aromatic heterocycles. The summed E-state index contributed by atoms with van der Waals surface area (Å²) in [7, 11) is 0. The molecule has 0 radical (unpaired) electrons. The number of carbonyl (C=O) groups excluding carboxylic acids is 1. The summed E-state index contributed by atoms with van der Waals surface area (Å²) in [6, 6.07) is 12.5. The quantitative estimate of drug-likeness (QED) is 0.235. The highest BCUT2D eigenvalue weighted by molar-refractivity contribution is 6.34. The lowest BCUT2D eigenvalue weighted by Crippen LogP contribution is -2.54. The highest BCUT2D eigenvalue weighted by Gasteiger charge is 2.31. The molecule has 1 saturated heterocycles. The number of carbonyl (C=O) groups is 1. The van der Waals surface area contributed by atoms with Gasteiger partial charge < -0.3 is 9.80 Å². The van der Waals surface area contributed by atoms with Gasteiger partial charge in [-0.2, -0.15) is 4.98 Å². The molecule has 0 bridgehead atoms. The number of nitrogens with zero attached hydrogens (tertiary/aromatic N) is 5. The molecular weight excluding hydrogens is 553 g/mol. The van der Waals surface area contributed by atoms with Gasteiger partial charge in [0.05, 0.1) is 19.6 Å². The molecule has 9 heteroatoms. The number of anilines is 1. The van der Waals surface area contributed by atoms with E-state index in [1.807, 2.05) is 62.9 Å². The standard InChI is InChI=1S/C33H33ClFN5O2/c1-7-23-10-8-9-11-24(23)25-17-28-26(16-27(25)34)31(39-15-14-38(18-21(39)5)32(41)22(6)35)37-33(42)40(28)30-20(4)12-13-36-29(30)19(2)3/h7-13,16-17,19,21H,1,6,14-15,18H2,2-5H3/t21-/m0/s1/i1D2. The van der Waals surface area contributed by atoms with Crippen LogP contribution in [0.1, 0.15) is 46.3 Å².